The number of nitrogens with one attached hydrogen (secondary N) is 1. The highest BCUT2D eigenvalue weighted by Crippen LogP contribution is 2.23. The van der Waals surface area contributed by atoms with Crippen molar-refractivity contribution >= 4 is 12.0 Å². The summed E-state index contributed by atoms with van der Waals surface area (Å²) in [5.74, 6) is 0.585. The number of hydrogen-bond acceptors (Lipinski definition) is 3. The second-order valence-electron chi connectivity index (χ2n) is 6.08. The lowest BCUT2D eigenvalue weighted by Crippen LogP contribution is -2.47. The topological polar surface area (TPSA) is 72.9 Å². The smallest absolute Gasteiger partial charge is 0.407 e. The normalized spacial score (nSPS) is 21.3. The van der Waals surface area contributed by atoms with Gasteiger partial charge in [-0.1, -0.05) is 0 Å². The van der Waals surface area contributed by atoms with E-state index in [-0.39, 0.29) is 5.91 Å². The fourth-order valence-electron chi connectivity index (χ4n) is 3.45. The SMILES string of the molecule is CCN(C(=O)CC1CCN(C(=O)O)CC1)C1CCNCC1. The summed E-state index contributed by atoms with van der Waals surface area (Å²) in [4.78, 5) is 26.9. The third-order valence-electron chi connectivity index (χ3n) is 4.76. The highest BCUT2D eigenvalue weighted by atomic mass is 16.4. The maximum absolute atomic E-state index is 12.5. The molecule has 0 unspecified atom stereocenters. The van der Waals surface area contributed by atoms with Gasteiger partial charge in [-0.2, -0.15) is 0 Å². The van der Waals surface area contributed by atoms with Gasteiger partial charge in [-0.05, 0) is 51.6 Å². The van der Waals surface area contributed by atoms with Gasteiger partial charge in [0.1, 0.15) is 0 Å². The van der Waals surface area contributed by atoms with Crippen molar-refractivity contribution in [3.05, 3.63) is 0 Å². The molecule has 6 nitrogen and oxygen atoms in total. The molecule has 0 bridgehead atoms. The minimum atomic E-state index is -0.843. The van der Waals surface area contributed by atoms with Crippen molar-refractivity contribution in [3.63, 3.8) is 0 Å². The lowest BCUT2D eigenvalue weighted by Gasteiger charge is -2.36. The highest BCUT2D eigenvalue weighted by molar-refractivity contribution is 5.76. The molecule has 0 aromatic carbocycles. The van der Waals surface area contributed by atoms with E-state index in [4.69, 9.17) is 5.11 Å². The van der Waals surface area contributed by atoms with E-state index < -0.39 is 6.09 Å². The van der Waals surface area contributed by atoms with Gasteiger partial charge in [0, 0.05) is 32.1 Å². The third-order valence-corrected chi connectivity index (χ3v) is 4.76. The third kappa shape index (κ3) is 4.33. The van der Waals surface area contributed by atoms with Gasteiger partial charge >= 0.3 is 6.09 Å². The van der Waals surface area contributed by atoms with Crippen LogP contribution in [0.1, 0.15) is 39.0 Å². The molecule has 2 aliphatic heterocycles. The van der Waals surface area contributed by atoms with Gasteiger partial charge in [0.2, 0.25) is 5.91 Å². The van der Waals surface area contributed by atoms with Crippen LogP contribution in [-0.4, -0.2) is 65.7 Å². The maximum atomic E-state index is 12.5. The molecule has 2 amide bonds. The van der Waals surface area contributed by atoms with E-state index in [0.717, 1.165) is 45.3 Å². The van der Waals surface area contributed by atoms with Crippen LogP contribution in [0.3, 0.4) is 0 Å². The molecular formula is C15H27N3O3. The molecule has 0 atom stereocenters. The highest BCUT2D eigenvalue weighted by Gasteiger charge is 2.28. The zero-order valence-electron chi connectivity index (χ0n) is 12.9. The van der Waals surface area contributed by atoms with Gasteiger partial charge in [0.05, 0.1) is 0 Å². The first-order valence-electron chi connectivity index (χ1n) is 8.09. The first kappa shape index (κ1) is 16.1. The van der Waals surface area contributed by atoms with E-state index in [0.29, 0.717) is 31.5 Å². The quantitative estimate of drug-likeness (QED) is 0.822. The number of carbonyl (C=O) groups excluding carboxylic acids is 1. The van der Waals surface area contributed by atoms with Crippen molar-refractivity contribution in [2.75, 3.05) is 32.7 Å². The van der Waals surface area contributed by atoms with Crippen LogP contribution in [0, 0.1) is 5.92 Å². The van der Waals surface area contributed by atoms with Crippen molar-refractivity contribution in [1.82, 2.24) is 15.1 Å². The van der Waals surface area contributed by atoms with Crippen molar-refractivity contribution < 1.29 is 14.7 Å². The first-order valence-corrected chi connectivity index (χ1v) is 8.09. The second-order valence-corrected chi connectivity index (χ2v) is 6.08. The van der Waals surface area contributed by atoms with Crippen LogP contribution in [-0.2, 0) is 4.79 Å². The molecule has 2 fully saturated rings. The molecule has 0 aromatic heterocycles. The average molecular weight is 297 g/mol. The second kappa shape index (κ2) is 7.64. The fourth-order valence-corrected chi connectivity index (χ4v) is 3.45. The average Bonchev–Trinajstić information content (AvgIpc) is 2.49. The molecule has 0 saturated carbocycles. The van der Waals surface area contributed by atoms with E-state index in [9.17, 15) is 9.59 Å². The minimum absolute atomic E-state index is 0.248. The van der Waals surface area contributed by atoms with Crippen LogP contribution in [0.5, 0.6) is 0 Å². The van der Waals surface area contributed by atoms with Gasteiger partial charge in [0.15, 0.2) is 0 Å². The van der Waals surface area contributed by atoms with Crippen molar-refractivity contribution in [1.29, 1.82) is 0 Å². The molecule has 120 valence electrons. The molecule has 2 aliphatic rings. The van der Waals surface area contributed by atoms with E-state index in [1.165, 1.54) is 4.90 Å². The number of piperidine rings is 2. The standard InChI is InChI=1S/C15H27N3O3/c1-2-18(13-3-7-16-8-4-13)14(19)11-12-5-9-17(10-6-12)15(20)21/h12-13,16H,2-11H2,1H3,(H,20,21). The van der Waals surface area contributed by atoms with Gasteiger partial charge in [0.25, 0.3) is 0 Å². The first-order chi connectivity index (χ1) is 10.1. The zero-order valence-corrected chi connectivity index (χ0v) is 12.9. The summed E-state index contributed by atoms with van der Waals surface area (Å²) >= 11 is 0. The van der Waals surface area contributed by atoms with Crippen molar-refractivity contribution in [3.8, 4) is 0 Å². The van der Waals surface area contributed by atoms with E-state index in [1.54, 1.807) is 0 Å². The lowest BCUT2D eigenvalue weighted by molar-refractivity contribution is -0.135. The van der Waals surface area contributed by atoms with Crippen LogP contribution in [0.25, 0.3) is 0 Å². The number of likely N-dealkylation sites (tertiary alicyclic amines) is 1. The van der Waals surface area contributed by atoms with Crippen LogP contribution in [0.4, 0.5) is 4.79 Å². The summed E-state index contributed by atoms with van der Waals surface area (Å²) in [5.41, 5.74) is 0. The van der Waals surface area contributed by atoms with Crippen LogP contribution < -0.4 is 5.32 Å². The molecule has 21 heavy (non-hydrogen) atoms. The zero-order chi connectivity index (χ0) is 15.2. The predicted molar refractivity (Wildman–Crippen MR) is 80.2 cm³/mol. The predicted octanol–water partition coefficient (Wildman–Crippen LogP) is 1.37. The molecule has 2 heterocycles. The monoisotopic (exact) mass is 297 g/mol. The Morgan fingerprint density at radius 2 is 1.81 bits per heavy atom. The summed E-state index contributed by atoms with van der Waals surface area (Å²) in [6.07, 6.45) is 3.42. The Bertz CT molecular complexity index is 361. The van der Waals surface area contributed by atoms with Gasteiger partial charge in [-0.15, -0.1) is 0 Å². The molecule has 0 radical (unpaired) electrons. The van der Waals surface area contributed by atoms with Crippen molar-refractivity contribution in [2.24, 2.45) is 5.92 Å². The fraction of sp³-hybridized carbons (Fsp3) is 0.867. The summed E-state index contributed by atoms with van der Waals surface area (Å²) in [7, 11) is 0. The molecule has 2 N–H and O–H groups in total. The van der Waals surface area contributed by atoms with Crippen molar-refractivity contribution in [2.45, 2.75) is 45.1 Å². The molecule has 0 aliphatic carbocycles. The minimum Gasteiger partial charge on any atom is -0.465 e. The largest absolute Gasteiger partial charge is 0.465 e. The van der Waals surface area contributed by atoms with Crippen LogP contribution in [0.15, 0.2) is 0 Å². The number of carbonyl (C=O) groups is 2. The lowest BCUT2D eigenvalue weighted by atomic mass is 9.92. The van der Waals surface area contributed by atoms with Crippen LogP contribution in [0.2, 0.25) is 0 Å². The molecule has 2 rings (SSSR count). The maximum Gasteiger partial charge on any atom is 0.407 e. The van der Waals surface area contributed by atoms with Gasteiger partial charge < -0.3 is 20.2 Å². The van der Waals surface area contributed by atoms with E-state index in [2.05, 4.69) is 5.32 Å². The summed E-state index contributed by atoms with van der Waals surface area (Å²) in [5, 5.41) is 12.3. The van der Waals surface area contributed by atoms with Crippen LogP contribution >= 0.6 is 0 Å². The Morgan fingerprint density at radius 3 is 2.33 bits per heavy atom. The Morgan fingerprint density at radius 1 is 1.19 bits per heavy atom. The number of nitrogens with zero attached hydrogens (tertiary/aromatic N) is 2. The molecule has 6 heteroatoms. The Hall–Kier alpha value is -1.30. The Labute approximate surface area is 126 Å². The Balaban J connectivity index is 1.81. The Kier molecular flexibility index (Phi) is 5.85. The van der Waals surface area contributed by atoms with Gasteiger partial charge in [-0.25, -0.2) is 4.79 Å². The molecule has 0 spiro atoms. The number of hydrogen-bond donors (Lipinski definition) is 2. The van der Waals surface area contributed by atoms with Gasteiger partial charge in [-0.3, -0.25) is 4.79 Å². The molecule has 0 aromatic rings. The summed E-state index contributed by atoms with van der Waals surface area (Å²) in [6.45, 7) is 5.93. The number of amides is 2. The van der Waals surface area contributed by atoms with E-state index >= 15 is 0 Å². The molecular weight excluding hydrogens is 270 g/mol. The summed E-state index contributed by atoms with van der Waals surface area (Å²) < 4.78 is 0. The van der Waals surface area contributed by atoms with E-state index in [1.807, 2.05) is 11.8 Å². The molecule has 2 saturated heterocycles. The number of carboxylic acid groups (broad SMARTS) is 1. The summed E-state index contributed by atoms with van der Waals surface area (Å²) in [6, 6.07) is 0.378. The number of rotatable bonds is 4.